The Morgan fingerprint density at radius 3 is 0.395 bits per heavy atom. The molecule has 0 aliphatic carbocycles. The topological polar surface area (TPSA) is 114 Å². The van der Waals surface area contributed by atoms with Crippen LogP contribution >= 0.6 is 11.8 Å². The van der Waals surface area contributed by atoms with Gasteiger partial charge in [-0.2, -0.15) is 11.8 Å². The van der Waals surface area contributed by atoms with Crippen LogP contribution < -0.4 is 0 Å². The van der Waals surface area contributed by atoms with Gasteiger partial charge in [0.15, 0.2) is 0 Å². The monoisotopic (exact) mass is 670 g/mol. The highest BCUT2D eigenvalue weighted by Crippen LogP contribution is 1.81. The van der Waals surface area contributed by atoms with Crippen LogP contribution in [-0.2, 0) is 20.2 Å². The van der Waals surface area contributed by atoms with Crippen LogP contribution in [0, 0.1) is 0 Å². The van der Waals surface area contributed by atoms with E-state index in [-0.39, 0.29) is 29.7 Å². The Balaban J connectivity index is -0.0000000300. The maximum absolute atomic E-state index is 9.08. The first kappa shape index (κ1) is 72.8. The Bertz CT molecular complexity index is 692. The molecule has 3 rings (SSSR count). The highest BCUT2D eigenvalue weighted by Gasteiger charge is 1.66. The Morgan fingerprint density at radius 2 is 0.372 bits per heavy atom. The van der Waals surface area contributed by atoms with Crippen LogP contribution in [0.25, 0.3) is 0 Å². The quantitative estimate of drug-likeness (QED) is 0.219. The van der Waals surface area contributed by atoms with Crippen molar-refractivity contribution in [2.75, 3.05) is 25.0 Å². The van der Waals surface area contributed by atoms with E-state index < -0.39 is 20.2 Å². The molecule has 0 fully saturated rings. The van der Waals surface area contributed by atoms with E-state index in [9.17, 15) is 0 Å². The van der Waals surface area contributed by atoms with Crippen molar-refractivity contribution in [3.8, 4) is 0 Å². The van der Waals surface area contributed by atoms with Crippen molar-refractivity contribution in [3.05, 3.63) is 109 Å². The third-order valence-electron chi connectivity index (χ3n) is 2.00. The molecule has 3 aromatic carbocycles. The van der Waals surface area contributed by atoms with E-state index in [1.165, 1.54) is 0 Å². The summed E-state index contributed by atoms with van der Waals surface area (Å²) in [6, 6.07) is 36.0. The van der Waals surface area contributed by atoms with E-state index in [4.69, 9.17) is 25.9 Å². The van der Waals surface area contributed by atoms with Crippen molar-refractivity contribution in [1.82, 2.24) is 0 Å². The highest BCUT2D eigenvalue weighted by molar-refractivity contribution is 7.97. The number of hydrogen-bond donors (Lipinski definition) is 0. The van der Waals surface area contributed by atoms with E-state index >= 15 is 0 Å². The van der Waals surface area contributed by atoms with Crippen LogP contribution in [0.3, 0.4) is 0 Å². The van der Waals surface area contributed by atoms with Crippen LogP contribution in [0.4, 0.5) is 0 Å². The molecule has 0 aliphatic rings. The highest BCUT2D eigenvalue weighted by atomic mass is 32.2. The van der Waals surface area contributed by atoms with Crippen molar-refractivity contribution in [1.29, 1.82) is 0 Å². The van der Waals surface area contributed by atoms with Crippen LogP contribution in [0.2, 0.25) is 0 Å². The molecule has 0 aliphatic heterocycles. The minimum Gasteiger partial charge on any atom is -0.748 e. The number of thioether (sulfide) groups is 1. The zero-order valence-electron chi connectivity index (χ0n) is 26.1. The van der Waals surface area contributed by atoms with Crippen LogP contribution in [0.5, 0.6) is 0 Å². The lowest BCUT2D eigenvalue weighted by Gasteiger charge is -1.90. The summed E-state index contributed by atoms with van der Waals surface area (Å²) in [5.74, 6) is 0. The number of benzene rings is 3. The molecule has 0 heterocycles. The summed E-state index contributed by atoms with van der Waals surface area (Å²) < 4.78 is 54.5. The molecular weight excluding hydrogens is 601 g/mol. The van der Waals surface area contributed by atoms with Crippen LogP contribution in [-0.4, -0.2) is 51.0 Å². The maximum Gasteiger partial charge on any atom is 0.0916 e. The molecule has 0 radical (unpaired) electrons. The van der Waals surface area contributed by atoms with Crippen molar-refractivity contribution in [2.45, 2.75) is 85.1 Å². The average Bonchev–Trinajstić information content (AvgIpc) is 2.95. The van der Waals surface area contributed by atoms with Gasteiger partial charge in [0.2, 0.25) is 0 Å². The lowest BCUT2D eigenvalue weighted by molar-refractivity contribution is 0.468. The fourth-order valence-electron chi connectivity index (χ4n) is 1.15. The molecule has 262 valence electrons. The molecular formula is C34H70O6S3-2. The molecule has 0 saturated carbocycles. The van der Waals surface area contributed by atoms with Gasteiger partial charge in [-0.15, -0.1) is 0 Å². The Kier molecular flexibility index (Phi) is 122. The van der Waals surface area contributed by atoms with E-state index in [0.29, 0.717) is 12.5 Å². The van der Waals surface area contributed by atoms with Crippen molar-refractivity contribution in [3.63, 3.8) is 0 Å². The third-order valence-corrected chi connectivity index (χ3v) is 2.00. The molecule has 6 nitrogen and oxygen atoms in total. The van der Waals surface area contributed by atoms with E-state index in [1.807, 2.05) is 177 Å². The van der Waals surface area contributed by atoms with Crippen molar-refractivity contribution < 1.29 is 25.9 Å². The normalized spacial score (nSPS) is 7.02. The first-order chi connectivity index (χ1) is 18.4. The number of rotatable bonds is 0. The second-order valence-corrected chi connectivity index (χ2v) is 8.91. The first-order valence-corrected chi connectivity index (χ1v) is 17.9. The molecule has 3 aromatic rings. The minimum absolute atomic E-state index is 0. The zero-order valence-corrected chi connectivity index (χ0v) is 28.5. The van der Waals surface area contributed by atoms with Crippen LogP contribution in [0.15, 0.2) is 109 Å². The Morgan fingerprint density at radius 1 is 0.349 bits per heavy atom. The summed E-state index contributed by atoms with van der Waals surface area (Å²) in [4.78, 5) is 0. The zero-order chi connectivity index (χ0) is 32.4. The molecule has 0 amide bonds. The van der Waals surface area contributed by atoms with Gasteiger partial charge in [-0.3, -0.25) is 0 Å². The lowest BCUT2D eigenvalue weighted by atomic mass is 10.4. The fraction of sp³-hybridized carbons (Fsp3) is 0.471. The minimum atomic E-state index is -3.92. The Hall–Kier alpha value is -2.17. The third kappa shape index (κ3) is 227. The molecule has 0 unspecified atom stereocenters. The van der Waals surface area contributed by atoms with Gasteiger partial charge in [0, 0.05) is 12.5 Å². The summed E-state index contributed by atoms with van der Waals surface area (Å²) in [6.07, 6.45) is 5.29. The predicted molar refractivity (Wildman–Crippen MR) is 202 cm³/mol. The lowest BCUT2D eigenvalue weighted by Crippen LogP contribution is -1.88. The van der Waals surface area contributed by atoms with Gasteiger partial charge in [0.1, 0.15) is 0 Å². The molecule has 9 heteroatoms. The molecule has 0 spiro atoms. The van der Waals surface area contributed by atoms with E-state index in [0.717, 1.165) is 0 Å². The average molecular weight is 671 g/mol. The van der Waals surface area contributed by atoms with Crippen LogP contribution in [0.1, 0.15) is 85.1 Å². The van der Waals surface area contributed by atoms with E-state index in [2.05, 4.69) is 0 Å². The standard InChI is InChI=1S/3C6H6.C2H6S.4C2H6.2CH4O3S.4CH4/c3*1-2-4-6-5-3-1;1-3-2;4*1-2;2*1-5(2,3)4;;;;/h3*1-6H;1-2H3;4*1-2H3;2*1H3,(H,2,3,4);4*1H4/p-2. The molecule has 0 saturated heterocycles. The first-order valence-electron chi connectivity index (χ1n) is 12.6. The fourth-order valence-corrected chi connectivity index (χ4v) is 1.15. The number of hydrogen-bond acceptors (Lipinski definition) is 7. The van der Waals surface area contributed by atoms with Gasteiger partial charge < -0.3 is 9.11 Å². The van der Waals surface area contributed by atoms with Crippen molar-refractivity contribution >= 4 is 32.0 Å². The second-order valence-electron chi connectivity index (χ2n) is 5.28. The SMILES string of the molecule is C.C.C.C.CC.CC.CC.CC.CS(=O)(=O)[O-].CS(=O)(=O)[O-].CSC.c1ccccc1.c1ccccc1.c1ccccc1. The molecule has 0 bridgehead atoms. The van der Waals surface area contributed by atoms with Crippen molar-refractivity contribution in [2.24, 2.45) is 0 Å². The predicted octanol–water partition coefficient (Wildman–Crippen LogP) is 11.0. The maximum atomic E-state index is 9.08. The molecule has 43 heavy (non-hydrogen) atoms. The van der Waals surface area contributed by atoms with Gasteiger partial charge in [-0.05, 0) is 12.5 Å². The summed E-state index contributed by atoms with van der Waals surface area (Å²) in [7, 11) is -7.83. The van der Waals surface area contributed by atoms with Gasteiger partial charge in [-0.25, -0.2) is 16.8 Å². The summed E-state index contributed by atoms with van der Waals surface area (Å²) in [5.41, 5.74) is 0. The van der Waals surface area contributed by atoms with Gasteiger partial charge in [-0.1, -0.05) is 194 Å². The van der Waals surface area contributed by atoms with Gasteiger partial charge >= 0.3 is 0 Å². The largest absolute Gasteiger partial charge is 0.748 e. The summed E-state index contributed by atoms with van der Waals surface area (Å²) in [6.45, 7) is 16.0. The van der Waals surface area contributed by atoms with Gasteiger partial charge in [0.25, 0.3) is 0 Å². The summed E-state index contributed by atoms with van der Waals surface area (Å²) >= 11 is 1.75. The van der Waals surface area contributed by atoms with Gasteiger partial charge in [0.05, 0.1) is 20.2 Å². The smallest absolute Gasteiger partial charge is 0.0916 e. The summed E-state index contributed by atoms with van der Waals surface area (Å²) in [5, 5.41) is 0. The molecule has 0 aromatic heterocycles. The second kappa shape index (κ2) is 72.3. The molecule has 0 atom stereocenters. The van der Waals surface area contributed by atoms with E-state index in [1.54, 1.807) is 11.8 Å². The Labute approximate surface area is 276 Å². The molecule has 0 N–H and O–H groups in total.